The first kappa shape index (κ1) is 18.0. The first-order valence-corrected chi connectivity index (χ1v) is 10.1. The number of thiazole rings is 1. The Bertz CT molecular complexity index is 1330. The van der Waals surface area contributed by atoms with Gasteiger partial charge >= 0.3 is 6.03 Å². The van der Waals surface area contributed by atoms with E-state index in [0.717, 1.165) is 17.8 Å². The van der Waals surface area contributed by atoms with Crippen LogP contribution in [0.5, 0.6) is 0 Å². The number of carbonyl (C=O) groups excluding carboxylic acids is 1. The van der Waals surface area contributed by atoms with Gasteiger partial charge in [-0.25, -0.2) is 14.2 Å². The second-order valence-electron chi connectivity index (χ2n) is 7.04. The minimum Gasteiger partial charge on any atom is -0.329 e. The minimum atomic E-state index is -0.414. The van der Waals surface area contributed by atoms with Crippen molar-refractivity contribution in [1.82, 2.24) is 20.2 Å². The molecule has 0 radical (unpaired) electrons. The summed E-state index contributed by atoms with van der Waals surface area (Å²) in [6.45, 7) is 2.83. The second-order valence-corrected chi connectivity index (χ2v) is 8.02. The Balaban J connectivity index is 1.73. The molecule has 3 heterocycles. The molecule has 0 saturated carbocycles. The van der Waals surface area contributed by atoms with Gasteiger partial charge in [0.2, 0.25) is 0 Å². The number of pyridine rings is 1. The Morgan fingerprint density at radius 3 is 2.79 bits per heavy atom. The smallest absolute Gasteiger partial charge is 0.326 e. The number of fused-ring (bicyclic) bond motifs is 6. The highest BCUT2D eigenvalue weighted by atomic mass is 32.1. The third-order valence-corrected chi connectivity index (χ3v) is 6.45. The topological polar surface area (TPSA) is 81.3 Å². The Morgan fingerprint density at radius 2 is 2.00 bits per heavy atom. The van der Waals surface area contributed by atoms with Crippen LogP contribution in [0.3, 0.4) is 0 Å². The van der Waals surface area contributed by atoms with Crippen molar-refractivity contribution in [3.8, 4) is 0 Å². The molecule has 7 nitrogen and oxygen atoms in total. The number of aromatic amines is 1. The molecule has 0 aliphatic carbocycles. The van der Waals surface area contributed by atoms with Gasteiger partial charge in [0, 0.05) is 55.6 Å². The van der Waals surface area contributed by atoms with Crippen molar-refractivity contribution in [2.45, 2.75) is 0 Å². The quantitative estimate of drug-likeness (QED) is 0.472. The van der Waals surface area contributed by atoms with Crippen molar-refractivity contribution in [1.29, 1.82) is 0 Å². The molecule has 0 bridgehead atoms. The van der Waals surface area contributed by atoms with Gasteiger partial charge in [-0.3, -0.25) is 9.69 Å². The number of urea groups is 1. The lowest BCUT2D eigenvalue weighted by atomic mass is 10.0. The molecule has 1 aliphatic heterocycles. The Labute approximate surface area is 168 Å². The summed E-state index contributed by atoms with van der Waals surface area (Å²) in [6.07, 6.45) is 1.57. The molecule has 9 heteroatoms. The number of piperazine rings is 1. The zero-order valence-electron chi connectivity index (χ0n) is 15.7. The fraction of sp³-hybridized carbons (Fsp3) is 0.250. The first-order chi connectivity index (χ1) is 14.0. The van der Waals surface area contributed by atoms with Gasteiger partial charge in [-0.15, -0.1) is 0 Å². The average molecular weight is 411 g/mol. The minimum absolute atomic E-state index is 0.108. The Kier molecular flexibility index (Phi) is 4.21. The van der Waals surface area contributed by atoms with E-state index in [1.807, 2.05) is 0 Å². The molecule has 1 aliphatic rings. The molecule has 1 saturated heterocycles. The molecule has 4 aromatic rings. The largest absolute Gasteiger partial charge is 0.329 e. The molecule has 2 N–H and O–H groups in total. The molecule has 0 unspecified atom stereocenters. The van der Waals surface area contributed by atoms with E-state index in [9.17, 15) is 14.0 Å². The molecule has 0 atom stereocenters. The van der Waals surface area contributed by atoms with Crippen LogP contribution in [0.25, 0.3) is 31.8 Å². The molecule has 0 spiro atoms. The Morgan fingerprint density at radius 1 is 1.21 bits per heavy atom. The molecule has 148 valence electrons. The lowest BCUT2D eigenvalue weighted by Gasteiger charge is -2.30. The fourth-order valence-electron chi connectivity index (χ4n) is 3.83. The number of anilines is 1. The van der Waals surface area contributed by atoms with E-state index in [2.05, 4.69) is 10.3 Å². The van der Waals surface area contributed by atoms with E-state index in [0.29, 0.717) is 45.3 Å². The molecule has 1 fully saturated rings. The first-order valence-electron chi connectivity index (χ1n) is 9.31. The molecular formula is C20H18FN5O2S. The van der Waals surface area contributed by atoms with Crippen LogP contribution in [0.4, 0.5) is 14.3 Å². The number of amides is 2. The SMILES string of the molecule is CN(C(=O)N1CCNCC1)c1nc2c3ccc(F)cc3c3c(=O)[nH]ccc3c2s1. The number of nitrogens with one attached hydrogen (secondary N) is 2. The summed E-state index contributed by atoms with van der Waals surface area (Å²) in [6, 6.07) is 6.05. The number of aromatic nitrogens is 2. The van der Waals surface area contributed by atoms with Gasteiger partial charge < -0.3 is 15.2 Å². The fourth-order valence-corrected chi connectivity index (χ4v) is 4.90. The zero-order valence-corrected chi connectivity index (χ0v) is 16.5. The lowest BCUT2D eigenvalue weighted by molar-refractivity contribution is 0.198. The molecule has 29 heavy (non-hydrogen) atoms. The van der Waals surface area contributed by atoms with Crippen LogP contribution in [0.15, 0.2) is 35.3 Å². The maximum atomic E-state index is 13.9. The summed E-state index contributed by atoms with van der Waals surface area (Å²) in [7, 11) is 1.71. The monoisotopic (exact) mass is 411 g/mol. The Hall–Kier alpha value is -3.04. The summed E-state index contributed by atoms with van der Waals surface area (Å²) in [4.78, 5) is 36.1. The standard InChI is InChI=1S/C20H18FN5O2S/c1-25(20(28)26-8-6-22-7-9-26)19-24-16-12-3-2-11(21)10-14(12)15-13(17(16)29-19)4-5-23-18(15)27/h2-5,10,22H,6-9H2,1H3,(H,23,27). The highest BCUT2D eigenvalue weighted by molar-refractivity contribution is 7.23. The summed E-state index contributed by atoms with van der Waals surface area (Å²) >= 11 is 1.36. The number of nitrogens with zero attached hydrogens (tertiary/aromatic N) is 3. The number of H-pyrrole nitrogens is 1. The number of benzene rings is 2. The van der Waals surface area contributed by atoms with Gasteiger partial charge in [0.1, 0.15) is 5.82 Å². The van der Waals surface area contributed by atoms with Crippen molar-refractivity contribution in [3.05, 3.63) is 46.6 Å². The van der Waals surface area contributed by atoms with Crippen LogP contribution in [0.2, 0.25) is 0 Å². The summed E-state index contributed by atoms with van der Waals surface area (Å²) in [5.41, 5.74) is 0.387. The second kappa shape index (κ2) is 6.78. The lowest BCUT2D eigenvalue weighted by Crippen LogP contribution is -2.50. The van der Waals surface area contributed by atoms with Crippen molar-refractivity contribution in [2.75, 3.05) is 38.1 Å². The summed E-state index contributed by atoms with van der Waals surface area (Å²) in [5.74, 6) is -0.414. The molecule has 2 amide bonds. The third-order valence-electron chi connectivity index (χ3n) is 5.29. The van der Waals surface area contributed by atoms with Crippen LogP contribution in [0, 0.1) is 5.82 Å². The van der Waals surface area contributed by atoms with E-state index in [-0.39, 0.29) is 11.6 Å². The average Bonchev–Trinajstić information content (AvgIpc) is 3.19. The van der Waals surface area contributed by atoms with E-state index in [1.54, 1.807) is 35.2 Å². The number of hydrogen-bond acceptors (Lipinski definition) is 5. The number of hydrogen-bond donors (Lipinski definition) is 2. The van der Waals surface area contributed by atoms with E-state index < -0.39 is 5.82 Å². The molecule has 2 aromatic carbocycles. The zero-order chi connectivity index (χ0) is 20.1. The van der Waals surface area contributed by atoms with Gasteiger partial charge in [0.15, 0.2) is 5.13 Å². The summed E-state index contributed by atoms with van der Waals surface area (Å²) in [5, 5.41) is 6.12. The van der Waals surface area contributed by atoms with Crippen LogP contribution < -0.4 is 15.8 Å². The van der Waals surface area contributed by atoms with Crippen LogP contribution in [-0.4, -0.2) is 54.1 Å². The predicted molar refractivity (Wildman–Crippen MR) is 113 cm³/mol. The van der Waals surface area contributed by atoms with E-state index >= 15 is 0 Å². The number of halogens is 1. The van der Waals surface area contributed by atoms with E-state index in [4.69, 9.17) is 4.98 Å². The third kappa shape index (κ3) is 2.85. The van der Waals surface area contributed by atoms with Gasteiger partial charge in [-0.05, 0) is 24.3 Å². The van der Waals surface area contributed by atoms with E-state index in [1.165, 1.54) is 23.5 Å². The van der Waals surface area contributed by atoms with Crippen LogP contribution in [-0.2, 0) is 0 Å². The van der Waals surface area contributed by atoms with Crippen molar-refractivity contribution >= 4 is 54.3 Å². The maximum absolute atomic E-state index is 13.9. The number of rotatable bonds is 1. The van der Waals surface area contributed by atoms with Crippen molar-refractivity contribution < 1.29 is 9.18 Å². The van der Waals surface area contributed by atoms with Crippen molar-refractivity contribution in [2.24, 2.45) is 0 Å². The van der Waals surface area contributed by atoms with Crippen LogP contribution in [0.1, 0.15) is 0 Å². The van der Waals surface area contributed by atoms with Gasteiger partial charge in [-0.2, -0.15) is 0 Å². The normalized spacial score (nSPS) is 14.8. The predicted octanol–water partition coefficient (Wildman–Crippen LogP) is 2.89. The highest BCUT2D eigenvalue weighted by Gasteiger charge is 2.24. The van der Waals surface area contributed by atoms with Crippen molar-refractivity contribution in [3.63, 3.8) is 0 Å². The molecule has 5 rings (SSSR count). The molecule has 2 aromatic heterocycles. The number of carbonyl (C=O) groups is 1. The maximum Gasteiger partial charge on any atom is 0.326 e. The van der Waals surface area contributed by atoms with Crippen LogP contribution >= 0.6 is 11.3 Å². The van der Waals surface area contributed by atoms with Gasteiger partial charge in [0.25, 0.3) is 5.56 Å². The summed E-state index contributed by atoms with van der Waals surface area (Å²) < 4.78 is 14.8. The molecular weight excluding hydrogens is 393 g/mol. The highest BCUT2D eigenvalue weighted by Crippen LogP contribution is 2.39. The van der Waals surface area contributed by atoms with Gasteiger partial charge in [0.05, 0.1) is 15.6 Å². The van der Waals surface area contributed by atoms with Gasteiger partial charge in [-0.1, -0.05) is 11.3 Å².